The third kappa shape index (κ3) is 2.28. The first kappa shape index (κ1) is 11.2. The van der Waals surface area contributed by atoms with E-state index in [1.165, 1.54) is 12.3 Å². The monoisotopic (exact) mass is 232 g/mol. The maximum atomic E-state index is 13.0. The van der Waals surface area contributed by atoms with Gasteiger partial charge in [0, 0.05) is 17.8 Å². The Morgan fingerprint density at radius 2 is 1.88 bits per heavy atom. The molecule has 0 saturated heterocycles. The third-order valence-corrected chi connectivity index (χ3v) is 2.40. The van der Waals surface area contributed by atoms with Crippen LogP contribution in [0.4, 0.5) is 10.1 Å². The lowest BCUT2D eigenvalue weighted by Gasteiger charge is -2.02. The fraction of sp³-hybridized carbons (Fsp3) is 0.0833. The molecule has 0 fully saturated rings. The molecular formula is C12H9FN2O2. The van der Waals surface area contributed by atoms with Crippen molar-refractivity contribution in [1.82, 2.24) is 4.98 Å². The van der Waals surface area contributed by atoms with Gasteiger partial charge < -0.3 is 0 Å². The standard InChI is InChI=1S/C12H9FN2O2/c1-8-2-4-9(5-3-8)10-6-11(15(16)17)12(13)14-7-10/h2-7H,1H3. The van der Waals surface area contributed by atoms with Crippen molar-refractivity contribution in [3.63, 3.8) is 0 Å². The fourth-order valence-electron chi connectivity index (χ4n) is 1.47. The van der Waals surface area contributed by atoms with Crippen molar-refractivity contribution in [1.29, 1.82) is 0 Å². The number of hydrogen-bond acceptors (Lipinski definition) is 3. The van der Waals surface area contributed by atoms with Gasteiger partial charge in [0.1, 0.15) is 0 Å². The van der Waals surface area contributed by atoms with Gasteiger partial charge in [0.25, 0.3) is 5.95 Å². The SMILES string of the molecule is Cc1ccc(-c2cnc(F)c([N+](=O)[O-])c2)cc1. The molecule has 17 heavy (non-hydrogen) atoms. The van der Waals surface area contributed by atoms with E-state index in [0.717, 1.165) is 11.1 Å². The molecule has 0 bridgehead atoms. The fourth-order valence-corrected chi connectivity index (χ4v) is 1.47. The van der Waals surface area contributed by atoms with Crippen LogP contribution in [0.2, 0.25) is 0 Å². The lowest BCUT2D eigenvalue weighted by atomic mass is 10.1. The zero-order chi connectivity index (χ0) is 12.4. The van der Waals surface area contributed by atoms with Crippen LogP contribution in [-0.4, -0.2) is 9.91 Å². The molecule has 0 spiro atoms. The first-order valence-corrected chi connectivity index (χ1v) is 4.95. The van der Waals surface area contributed by atoms with Gasteiger partial charge in [-0.25, -0.2) is 4.98 Å². The quantitative estimate of drug-likeness (QED) is 0.454. The zero-order valence-electron chi connectivity index (χ0n) is 9.05. The van der Waals surface area contributed by atoms with Crippen LogP contribution in [0, 0.1) is 23.0 Å². The molecular weight excluding hydrogens is 223 g/mol. The Morgan fingerprint density at radius 1 is 1.24 bits per heavy atom. The molecule has 0 aliphatic carbocycles. The summed E-state index contributed by atoms with van der Waals surface area (Å²) in [7, 11) is 0. The number of hydrogen-bond donors (Lipinski definition) is 0. The number of aryl methyl sites for hydroxylation is 1. The van der Waals surface area contributed by atoms with Gasteiger partial charge in [-0.15, -0.1) is 0 Å². The summed E-state index contributed by atoms with van der Waals surface area (Å²) in [5.41, 5.74) is 1.77. The smallest absolute Gasteiger partial charge is 0.258 e. The van der Waals surface area contributed by atoms with Gasteiger partial charge in [-0.3, -0.25) is 10.1 Å². The van der Waals surface area contributed by atoms with E-state index in [9.17, 15) is 14.5 Å². The van der Waals surface area contributed by atoms with Crippen molar-refractivity contribution in [2.75, 3.05) is 0 Å². The minimum Gasteiger partial charge on any atom is -0.258 e. The van der Waals surface area contributed by atoms with E-state index in [1.807, 2.05) is 31.2 Å². The minimum absolute atomic E-state index is 0.526. The molecule has 0 atom stereocenters. The van der Waals surface area contributed by atoms with Crippen molar-refractivity contribution in [2.45, 2.75) is 6.92 Å². The molecule has 0 amide bonds. The number of nitro groups is 1. The molecule has 5 heteroatoms. The maximum Gasteiger partial charge on any atom is 0.324 e. The largest absolute Gasteiger partial charge is 0.324 e. The molecule has 0 N–H and O–H groups in total. The normalized spacial score (nSPS) is 10.2. The summed E-state index contributed by atoms with van der Waals surface area (Å²) >= 11 is 0. The highest BCUT2D eigenvalue weighted by molar-refractivity contribution is 5.65. The maximum absolute atomic E-state index is 13.0. The molecule has 1 aromatic carbocycles. The van der Waals surface area contributed by atoms with E-state index in [0.29, 0.717) is 5.56 Å². The topological polar surface area (TPSA) is 56.0 Å². The molecule has 0 unspecified atom stereocenters. The summed E-state index contributed by atoms with van der Waals surface area (Å²) in [6, 6.07) is 8.57. The zero-order valence-corrected chi connectivity index (χ0v) is 9.05. The van der Waals surface area contributed by atoms with Crippen LogP contribution in [0.1, 0.15) is 5.56 Å². The van der Waals surface area contributed by atoms with Gasteiger partial charge in [-0.05, 0) is 12.5 Å². The summed E-state index contributed by atoms with van der Waals surface area (Å²) in [5, 5.41) is 10.6. The Bertz CT molecular complexity index is 567. The van der Waals surface area contributed by atoms with Crippen molar-refractivity contribution < 1.29 is 9.31 Å². The number of benzene rings is 1. The van der Waals surface area contributed by atoms with Crippen LogP contribution in [0.25, 0.3) is 11.1 Å². The second-order valence-corrected chi connectivity index (χ2v) is 3.66. The van der Waals surface area contributed by atoms with E-state index in [2.05, 4.69) is 4.98 Å². The number of pyridine rings is 1. The van der Waals surface area contributed by atoms with Crippen LogP contribution < -0.4 is 0 Å². The van der Waals surface area contributed by atoms with Gasteiger partial charge in [0.15, 0.2) is 0 Å². The molecule has 0 saturated carbocycles. The van der Waals surface area contributed by atoms with Crippen molar-refractivity contribution >= 4 is 5.69 Å². The number of rotatable bonds is 2. The van der Waals surface area contributed by atoms with Crippen LogP contribution in [0.15, 0.2) is 36.5 Å². The second-order valence-electron chi connectivity index (χ2n) is 3.66. The van der Waals surface area contributed by atoms with Crippen molar-refractivity contribution in [2.24, 2.45) is 0 Å². The highest BCUT2D eigenvalue weighted by atomic mass is 19.1. The van der Waals surface area contributed by atoms with Crippen molar-refractivity contribution in [3.05, 3.63) is 58.2 Å². The Kier molecular flexibility index (Phi) is 2.82. The lowest BCUT2D eigenvalue weighted by molar-refractivity contribution is -0.388. The lowest BCUT2D eigenvalue weighted by Crippen LogP contribution is -1.95. The van der Waals surface area contributed by atoms with Crippen LogP contribution >= 0.6 is 0 Å². The third-order valence-electron chi connectivity index (χ3n) is 2.40. The number of halogens is 1. The van der Waals surface area contributed by atoms with E-state index in [-0.39, 0.29) is 0 Å². The van der Waals surface area contributed by atoms with Gasteiger partial charge >= 0.3 is 5.69 Å². The van der Waals surface area contributed by atoms with Crippen LogP contribution in [0.5, 0.6) is 0 Å². The molecule has 2 aromatic rings. The Balaban J connectivity index is 2.50. The van der Waals surface area contributed by atoms with Gasteiger partial charge in [-0.2, -0.15) is 4.39 Å². The molecule has 0 aliphatic rings. The predicted molar refractivity (Wildman–Crippen MR) is 61.0 cm³/mol. The van der Waals surface area contributed by atoms with Crippen LogP contribution in [0.3, 0.4) is 0 Å². The first-order valence-electron chi connectivity index (χ1n) is 4.95. The summed E-state index contributed by atoms with van der Waals surface area (Å²) < 4.78 is 13.0. The Morgan fingerprint density at radius 3 is 2.47 bits per heavy atom. The predicted octanol–water partition coefficient (Wildman–Crippen LogP) is 3.10. The van der Waals surface area contributed by atoms with Crippen molar-refractivity contribution in [3.8, 4) is 11.1 Å². The molecule has 0 radical (unpaired) electrons. The summed E-state index contributed by atoms with van der Waals surface area (Å²) in [5.74, 6) is -1.06. The molecule has 2 rings (SSSR count). The first-order chi connectivity index (χ1) is 8.08. The summed E-state index contributed by atoms with van der Waals surface area (Å²) in [6.07, 6.45) is 1.28. The number of aromatic nitrogens is 1. The molecule has 0 aliphatic heterocycles. The van der Waals surface area contributed by atoms with Crippen LogP contribution in [-0.2, 0) is 0 Å². The van der Waals surface area contributed by atoms with E-state index in [1.54, 1.807) is 0 Å². The average molecular weight is 232 g/mol. The second kappa shape index (κ2) is 4.29. The minimum atomic E-state index is -1.06. The van der Waals surface area contributed by atoms with E-state index < -0.39 is 16.6 Å². The highest BCUT2D eigenvalue weighted by Gasteiger charge is 2.16. The molecule has 4 nitrogen and oxygen atoms in total. The highest BCUT2D eigenvalue weighted by Crippen LogP contribution is 2.24. The summed E-state index contributed by atoms with van der Waals surface area (Å²) in [4.78, 5) is 13.2. The average Bonchev–Trinajstić information content (AvgIpc) is 2.30. The summed E-state index contributed by atoms with van der Waals surface area (Å²) in [6.45, 7) is 1.94. The molecule has 1 heterocycles. The van der Waals surface area contributed by atoms with Gasteiger partial charge in [-0.1, -0.05) is 29.8 Å². The molecule has 1 aromatic heterocycles. The van der Waals surface area contributed by atoms with Gasteiger partial charge in [0.05, 0.1) is 4.92 Å². The van der Waals surface area contributed by atoms with Gasteiger partial charge in [0.2, 0.25) is 0 Å². The molecule has 86 valence electrons. The Hall–Kier alpha value is -2.30. The Labute approximate surface area is 96.9 Å². The van der Waals surface area contributed by atoms with E-state index in [4.69, 9.17) is 0 Å². The van der Waals surface area contributed by atoms with E-state index >= 15 is 0 Å². The number of nitrogens with zero attached hydrogens (tertiary/aromatic N) is 2.